The summed E-state index contributed by atoms with van der Waals surface area (Å²) in [6, 6.07) is 7.52. The predicted molar refractivity (Wildman–Crippen MR) is 227 cm³/mol. The molecule has 0 aliphatic carbocycles. The van der Waals surface area contributed by atoms with E-state index in [9.17, 15) is 28.0 Å². The molecule has 2 aromatic carbocycles. The number of aromatic amines is 2. The molecule has 0 aliphatic rings. The molecule has 0 radical (unpaired) electrons. The van der Waals surface area contributed by atoms with Gasteiger partial charge in [0.25, 0.3) is 17.0 Å². The standard InChI is InChI=1S/C21H20FN5O2.C20H16F3N5O2.C2H6.4H2/c1-4-16(20-24-9-13(8-23)10-25-20)26-18(28)7-14-11(2)19-12(3)15(22)5-6-17(19)27-21(14)29;1-9-13(21)4-5-14-15(9)10(2)16(18(29)28-14)20(22,23)19(30)27-11(3)17-25-7-12(6-24)8-26-17;1-2;;;;/h5-6,9-10,16H,4,7H2,1-3H3,(H,26,28)(H,27,29);4-5,7-8,11H,1-3H3,(H,27,30)(H,28,29);1-2H3;4*1H/t16-;11-;;;;;/m10...../s1. The van der Waals surface area contributed by atoms with E-state index in [1.807, 2.05) is 32.9 Å². The van der Waals surface area contributed by atoms with Gasteiger partial charge in [0.1, 0.15) is 29.6 Å². The van der Waals surface area contributed by atoms with E-state index in [0.29, 0.717) is 45.4 Å². The Labute approximate surface area is 353 Å². The van der Waals surface area contributed by atoms with Crippen molar-refractivity contribution in [2.45, 2.75) is 86.2 Å². The number of hydrogen-bond donors (Lipinski definition) is 4. The predicted octanol–water partition coefficient (Wildman–Crippen LogP) is 7.68. The lowest BCUT2D eigenvalue weighted by Gasteiger charge is -2.21. The molecule has 0 unspecified atom stereocenters. The summed E-state index contributed by atoms with van der Waals surface area (Å²) in [5.41, 5.74) is -0.163. The summed E-state index contributed by atoms with van der Waals surface area (Å²) in [7, 11) is 0. The molecule has 18 heteroatoms. The first kappa shape index (κ1) is 46.4. The van der Waals surface area contributed by atoms with Crippen molar-refractivity contribution in [2.75, 3.05) is 0 Å². The average Bonchev–Trinajstić information content (AvgIpc) is 3.24. The summed E-state index contributed by atoms with van der Waals surface area (Å²) in [6.45, 7) is 13.2. The smallest absolute Gasteiger partial charge is 0.346 e. The van der Waals surface area contributed by atoms with Crippen LogP contribution in [0.4, 0.5) is 17.6 Å². The number of nitriles is 2. The van der Waals surface area contributed by atoms with E-state index in [4.69, 9.17) is 10.5 Å². The SMILES string of the molecule is CC.CC[C@@H](NC(=O)Cc1c(C)c2c(C)c(F)ccc2[nH]c1=O)c1ncc(C#N)cn1.Cc1c(F)ccc2[nH]c(=O)c(C(F)(F)C(=O)N[C@@H](C)c3ncc(C#N)cn3)c(C)c12.[HH].[HH].[HH].[HH]. The number of hydrogen-bond acceptors (Lipinski definition) is 10. The van der Waals surface area contributed by atoms with Crippen LogP contribution < -0.4 is 21.8 Å². The molecule has 0 aliphatic heterocycles. The van der Waals surface area contributed by atoms with Crippen LogP contribution in [0.1, 0.15) is 108 Å². The molecule has 0 fully saturated rings. The van der Waals surface area contributed by atoms with Crippen molar-refractivity contribution in [1.29, 1.82) is 10.5 Å². The Kier molecular flexibility index (Phi) is 14.9. The van der Waals surface area contributed by atoms with Gasteiger partial charge >= 0.3 is 5.92 Å². The number of alkyl halides is 2. The first-order chi connectivity index (χ1) is 28.9. The van der Waals surface area contributed by atoms with Crippen LogP contribution in [0.5, 0.6) is 0 Å². The maximum Gasteiger partial charge on any atom is 0.355 e. The summed E-state index contributed by atoms with van der Waals surface area (Å²) >= 11 is 0. The highest BCUT2D eigenvalue weighted by atomic mass is 19.3. The van der Waals surface area contributed by atoms with Gasteiger partial charge < -0.3 is 20.6 Å². The van der Waals surface area contributed by atoms with Crippen LogP contribution in [0.3, 0.4) is 0 Å². The summed E-state index contributed by atoms with van der Waals surface area (Å²) in [5.74, 6) is -6.89. The molecule has 14 nitrogen and oxygen atoms in total. The lowest BCUT2D eigenvalue weighted by atomic mass is 9.96. The number of aryl methyl sites for hydroxylation is 4. The molecule has 0 bridgehead atoms. The summed E-state index contributed by atoms with van der Waals surface area (Å²) in [6.07, 6.45) is 5.56. The molecule has 4 aromatic heterocycles. The molecule has 2 atom stereocenters. The van der Waals surface area contributed by atoms with Gasteiger partial charge in [-0.2, -0.15) is 19.3 Å². The average molecular weight is 847 g/mol. The molecule has 61 heavy (non-hydrogen) atoms. The zero-order chi connectivity index (χ0) is 45.3. The normalized spacial score (nSPS) is 11.8. The Morgan fingerprint density at radius 3 is 1.69 bits per heavy atom. The monoisotopic (exact) mass is 846 g/mol. The lowest BCUT2D eigenvalue weighted by Crippen LogP contribution is -2.43. The minimum atomic E-state index is -4.20. The van der Waals surface area contributed by atoms with Gasteiger partial charge in [-0.3, -0.25) is 19.2 Å². The fraction of sp³-hybridized carbons (Fsp3) is 0.302. The van der Waals surface area contributed by atoms with Crippen molar-refractivity contribution in [2.24, 2.45) is 0 Å². The number of nitrogens with one attached hydrogen (secondary N) is 4. The summed E-state index contributed by atoms with van der Waals surface area (Å²) in [4.78, 5) is 70.8. The third kappa shape index (κ3) is 9.93. The Morgan fingerprint density at radius 2 is 1.21 bits per heavy atom. The second-order valence-corrected chi connectivity index (χ2v) is 13.6. The molecular weight excluding hydrogens is 797 g/mol. The van der Waals surface area contributed by atoms with Crippen molar-refractivity contribution >= 4 is 33.6 Å². The fourth-order valence-electron chi connectivity index (χ4n) is 6.55. The topological polar surface area (TPSA) is 223 Å². The number of pyridine rings is 2. The van der Waals surface area contributed by atoms with E-state index >= 15 is 8.78 Å². The summed E-state index contributed by atoms with van der Waals surface area (Å²) < 4.78 is 57.9. The van der Waals surface area contributed by atoms with Crippen LogP contribution in [-0.2, 0) is 21.9 Å². The van der Waals surface area contributed by atoms with Crippen LogP contribution in [-0.4, -0.2) is 41.7 Å². The zero-order valence-corrected chi connectivity index (χ0v) is 34.5. The number of nitrogens with zero attached hydrogens (tertiary/aromatic N) is 6. The number of rotatable bonds is 9. The molecule has 4 N–H and O–H groups in total. The molecule has 0 saturated carbocycles. The largest absolute Gasteiger partial charge is 0.355 e. The Balaban J connectivity index is 0.00000115. The highest BCUT2D eigenvalue weighted by Crippen LogP contribution is 2.33. The van der Waals surface area contributed by atoms with Crippen molar-refractivity contribution in [1.82, 2.24) is 40.5 Å². The zero-order valence-electron chi connectivity index (χ0n) is 34.5. The minimum Gasteiger partial charge on any atom is -0.346 e. The number of aromatic nitrogens is 6. The molecular formula is C43H50F4N10O4. The molecule has 0 spiro atoms. The van der Waals surface area contributed by atoms with Crippen LogP contribution in [0.15, 0.2) is 58.6 Å². The highest BCUT2D eigenvalue weighted by Gasteiger charge is 2.45. The number of carbonyl (C=O) groups excluding carboxylic acids is 2. The van der Waals surface area contributed by atoms with Crippen LogP contribution in [0, 0.1) is 62.0 Å². The van der Waals surface area contributed by atoms with Crippen molar-refractivity contribution in [3.05, 3.63) is 138 Å². The molecule has 324 valence electrons. The number of amides is 2. The third-order valence-electron chi connectivity index (χ3n) is 9.70. The van der Waals surface area contributed by atoms with Crippen LogP contribution >= 0.6 is 0 Å². The number of fused-ring (bicyclic) bond motifs is 2. The Morgan fingerprint density at radius 1 is 0.754 bits per heavy atom. The van der Waals surface area contributed by atoms with Crippen molar-refractivity contribution < 1.29 is 32.9 Å². The number of halogens is 4. The molecule has 2 amide bonds. The second kappa shape index (κ2) is 19.6. The van der Waals surface area contributed by atoms with Gasteiger partial charge in [-0.05, 0) is 87.6 Å². The van der Waals surface area contributed by atoms with Crippen molar-refractivity contribution in [3.63, 3.8) is 0 Å². The summed E-state index contributed by atoms with van der Waals surface area (Å²) in [5, 5.41) is 23.2. The van der Waals surface area contributed by atoms with E-state index in [1.54, 1.807) is 13.8 Å². The lowest BCUT2D eigenvalue weighted by molar-refractivity contribution is -0.148. The van der Waals surface area contributed by atoms with Gasteiger partial charge in [0, 0.05) is 57.9 Å². The van der Waals surface area contributed by atoms with Gasteiger partial charge in [-0.15, -0.1) is 0 Å². The van der Waals surface area contributed by atoms with Gasteiger partial charge in [0.2, 0.25) is 5.91 Å². The van der Waals surface area contributed by atoms with Crippen LogP contribution in [0.2, 0.25) is 0 Å². The van der Waals surface area contributed by atoms with Crippen molar-refractivity contribution in [3.8, 4) is 12.1 Å². The molecule has 6 aromatic rings. The number of carbonyl (C=O) groups is 2. The molecule has 6 rings (SSSR count). The first-order valence-electron chi connectivity index (χ1n) is 19.0. The number of H-pyrrole nitrogens is 2. The van der Waals surface area contributed by atoms with Gasteiger partial charge in [0.05, 0.1) is 35.2 Å². The van der Waals surface area contributed by atoms with E-state index < -0.39 is 40.9 Å². The minimum absolute atomic E-state index is 0. The highest BCUT2D eigenvalue weighted by molar-refractivity contribution is 5.91. The van der Waals surface area contributed by atoms with E-state index in [2.05, 4.69) is 40.5 Å². The Hall–Kier alpha value is -7.34. The second-order valence-electron chi connectivity index (χ2n) is 13.6. The maximum absolute atomic E-state index is 15.0. The molecule has 4 heterocycles. The fourth-order valence-corrected chi connectivity index (χ4v) is 6.55. The third-order valence-corrected chi connectivity index (χ3v) is 9.70. The van der Waals surface area contributed by atoms with Gasteiger partial charge in [-0.1, -0.05) is 20.8 Å². The van der Waals surface area contributed by atoms with E-state index in [-0.39, 0.29) is 62.8 Å². The molecule has 0 saturated heterocycles. The quantitative estimate of drug-likeness (QED) is 0.104. The van der Waals surface area contributed by atoms with Gasteiger partial charge in [-0.25, -0.2) is 28.7 Å². The van der Waals surface area contributed by atoms with Crippen LogP contribution in [0.25, 0.3) is 21.8 Å². The number of benzene rings is 2. The Bertz CT molecular complexity index is 2830. The first-order valence-corrected chi connectivity index (χ1v) is 19.0. The maximum atomic E-state index is 15.0. The van der Waals surface area contributed by atoms with E-state index in [1.165, 1.54) is 63.8 Å². The van der Waals surface area contributed by atoms with Gasteiger partial charge in [0.15, 0.2) is 5.82 Å². The van der Waals surface area contributed by atoms with E-state index in [0.717, 1.165) is 6.07 Å².